The number of rotatable bonds is 29. The van der Waals surface area contributed by atoms with Gasteiger partial charge in [0.1, 0.15) is 19.8 Å². The molecule has 0 aliphatic heterocycles. The zero-order valence-corrected chi connectivity index (χ0v) is 30.1. The average molecular weight is 668 g/mol. The van der Waals surface area contributed by atoms with Crippen molar-refractivity contribution in [3.63, 3.8) is 0 Å². The number of phosphoric ester groups is 1. The van der Waals surface area contributed by atoms with Crippen LogP contribution in [0.15, 0.2) is 60.8 Å². The van der Waals surface area contributed by atoms with E-state index in [1.807, 2.05) is 75.8 Å². The van der Waals surface area contributed by atoms with Crippen LogP contribution in [0.25, 0.3) is 0 Å². The van der Waals surface area contributed by atoms with Gasteiger partial charge in [-0.1, -0.05) is 126 Å². The fraction of sp³-hybridized carbons (Fsp3) is 0.667. The van der Waals surface area contributed by atoms with E-state index in [-0.39, 0.29) is 26.1 Å². The van der Waals surface area contributed by atoms with Gasteiger partial charge in [0.05, 0.1) is 27.7 Å². The van der Waals surface area contributed by atoms with Crippen LogP contribution in [-0.4, -0.2) is 70.0 Å². The molecule has 0 bridgehead atoms. The second-order valence-corrected chi connectivity index (χ2v) is 13.7. The minimum Gasteiger partial charge on any atom is -0.756 e. The molecule has 0 amide bonds. The third kappa shape index (κ3) is 31.7. The molecular formula is C36H62NO8P. The molecule has 0 aliphatic rings. The Morgan fingerprint density at radius 2 is 1.24 bits per heavy atom. The van der Waals surface area contributed by atoms with Gasteiger partial charge in [0, 0.05) is 12.8 Å². The summed E-state index contributed by atoms with van der Waals surface area (Å²) in [7, 11) is 1.11. The molecule has 0 aromatic carbocycles. The highest BCUT2D eigenvalue weighted by molar-refractivity contribution is 7.45. The van der Waals surface area contributed by atoms with Gasteiger partial charge in [-0.2, -0.15) is 0 Å². The summed E-state index contributed by atoms with van der Waals surface area (Å²) in [6.45, 7) is 3.92. The summed E-state index contributed by atoms with van der Waals surface area (Å²) in [5, 5.41) is 0. The number of ether oxygens (including phenoxy) is 2. The van der Waals surface area contributed by atoms with Gasteiger partial charge in [0.2, 0.25) is 0 Å². The van der Waals surface area contributed by atoms with Crippen LogP contribution >= 0.6 is 7.82 Å². The molecule has 2 atom stereocenters. The van der Waals surface area contributed by atoms with E-state index in [0.29, 0.717) is 23.9 Å². The van der Waals surface area contributed by atoms with Gasteiger partial charge in [0.15, 0.2) is 6.10 Å². The lowest BCUT2D eigenvalue weighted by molar-refractivity contribution is -0.870. The van der Waals surface area contributed by atoms with Crippen LogP contribution < -0.4 is 4.89 Å². The molecule has 0 aromatic rings. The van der Waals surface area contributed by atoms with E-state index in [4.69, 9.17) is 18.5 Å². The van der Waals surface area contributed by atoms with Crippen LogP contribution in [0, 0.1) is 0 Å². The molecule has 0 saturated carbocycles. The van der Waals surface area contributed by atoms with Crippen LogP contribution in [-0.2, 0) is 32.7 Å². The monoisotopic (exact) mass is 667 g/mol. The zero-order valence-electron chi connectivity index (χ0n) is 29.2. The molecule has 0 rings (SSSR count). The number of esters is 2. The number of carbonyl (C=O) groups excluding carboxylic acids is 2. The summed E-state index contributed by atoms with van der Waals surface area (Å²) < 4.78 is 33.5. The summed E-state index contributed by atoms with van der Waals surface area (Å²) in [5.74, 6) is -0.933. The number of quaternary nitrogens is 1. The Balaban J connectivity index is 4.67. The first-order chi connectivity index (χ1) is 22.0. The molecule has 0 heterocycles. The van der Waals surface area contributed by atoms with Gasteiger partial charge in [0.25, 0.3) is 7.82 Å². The van der Waals surface area contributed by atoms with Crippen molar-refractivity contribution in [2.75, 3.05) is 47.5 Å². The molecule has 46 heavy (non-hydrogen) atoms. The molecule has 10 heteroatoms. The maximum atomic E-state index is 12.5. The predicted molar refractivity (Wildman–Crippen MR) is 185 cm³/mol. The number of carbonyl (C=O) groups is 2. The third-order valence-corrected chi connectivity index (χ3v) is 7.64. The zero-order chi connectivity index (χ0) is 34.4. The predicted octanol–water partition coefficient (Wildman–Crippen LogP) is 7.93. The first-order valence-electron chi connectivity index (χ1n) is 17.1. The number of likely N-dealkylation sites (N-methyl/N-ethyl adjacent to an activating group) is 1. The Hall–Kier alpha value is -2.29. The van der Waals surface area contributed by atoms with Crippen molar-refractivity contribution in [1.82, 2.24) is 0 Å². The number of allylic oxidation sites excluding steroid dienone is 10. The highest BCUT2D eigenvalue weighted by Gasteiger charge is 2.21. The lowest BCUT2D eigenvalue weighted by Crippen LogP contribution is -2.37. The molecule has 2 unspecified atom stereocenters. The largest absolute Gasteiger partial charge is 0.756 e. The van der Waals surface area contributed by atoms with Crippen molar-refractivity contribution in [3.05, 3.63) is 60.8 Å². The second kappa shape index (κ2) is 28.9. The van der Waals surface area contributed by atoms with Gasteiger partial charge >= 0.3 is 11.9 Å². The van der Waals surface area contributed by atoms with Crippen molar-refractivity contribution in [1.29, 1.82) is 0 Å². The molecular weight excluding hydrogens is 605 g/mol. The lowest BCUT2D eigenvalue weighted by atomic mass is 10.1. The summed E-state index contributed by atoms with van der Waals surface area (Å²) in [5.41, 5.74) is 0. The van der Waals surface area contributed by atoms with E-state index in [0.717, 1.165) is 25.7 Å². The van der Waals surface area contributed by atoms with Crippen LogP contribution in [0.1, 0.15) is 104 Å². The summed E-state index contributed by atoms with van der Waals surface area (Å²) in [4.78, 5) is 37.1. The van der Waals surface area contributed by atoms with E-state index < -0.39 is 32.5 Å². The first-order valence-corrected chi connectivity index (χ1v) is 18.5. The summed E-state index contributed by atoms with van der Waals surface area (Å²) >= 11 is 0. The van der Waals surface area contributed by atoms with Gasteiger partial charge < -0.3 is 27.9 Å². The van der Waals surface area contributed by atoms with Crippen LogP contribution in [0.2, 0.25) is 0 Å². The maximum Gasteiger partial charge on any atom is 0.306 e. The highest BCUT2D eigenvalue weighted by atomic mass is 31.2. The lowest BCUT2D eigenvalue weighted by Gasteiger charge is -2.28. The van der Waals surface area contributed by atoms with Crippen molar-refractivity contribution < 1.29 is 42.1 Å². The highest BCUT2D eigenvalue weighted by Crippen LogP contribution is 2.38. The Morgan fingerprint density at radius 3 is 1.83 bits per heavy atom. The molecule has 0 saturated heterocycles. The Morgan fingerprint density at radius 1 is 0.696 bits per heavy atom. The van der Waals surface area contributed by atoms with Gasteiger partial charge in [-0.15, -0.1) is 0 Å². The van der Waals surface area contributed by atoms with Crippen molar-refractivity contribution in [2.24, 2.45) is 0 Å². The normalized spacial score (nSPS) is 14.7. The molecule has 0 radical (unpaired) electrons. The van der Waals surface area contributed by atoms with Crippen LogP contribution in [0.5, 0.6) is 0 Å². The second-order valence-electron chi connectivity index (χ2n) is 12.3. The number of nitrogens with zero attached hydrogens (tertiary/aromatic N) is 1. The Labute approximate surface area is 279 Å². The maximum absolute atomic E-state index is 12.5. The Bertz CT molecular complexity index is 981. The van der Waals surface area contributed by atoms with Gasteiger partial charge in [-0.3, -0.25) is 14.2 Å². The summed E-state index contributed by atoms with van der Waals surface area (Å²) in [6.07, 6.45) is 31.3. The number of unbranched alkanes of at least 4 members (excludes halogenated alkanes) is 9. The van der Waals surface area contributed by atoms with E-state index in [1.165, 1.54) is 38.5 Å². The first kappa shape index (κ1) is 43.7. The van der Waals surface area contributed by atoms with Crippen LogP contribution in [0.4, 0.5) is 0 Å². The van der Waals surface area contributed by atoms with E-state index in [2.05, 4.69) is 19.9 Å². The third-order valence-electron chi connectivity index (χ3n) is 6.68. The number of hydrogen-bond acceptors (Lipinski definition) is 8. The van der Waals surface area contributed by atoms with E-state index in [1.54, 1.807) is 0 Å². The summed E-state index contributed by atoms with van der Waals surface area (Å²) in [6, 6.07) is 0. The molecule has 0 spiro atoms. The van der Waals surface area contributed by atoms with E-state index >= 15 is 0 Å². The molecule has 0 fully saturated rings. The van der Waals surface area contributed by atoms with Gasteiger partial charge in [-0.05, 0) is 25.7 Å². The number of phosphoric acid groups is 1. The quantitative estimate of drug-likeness (QED) is 0.0260. The standard InChI is InChI=1S/C36H62NO8P/c1-6-8-10-12-14-16-17-18-19-21-23-25-27-29-36(39)45-34(33-44-46(40,41)43-31-30-37(3,4)5)32-42-35(38)28-26-24-22-20-15-13-11-9-7-2/h8,10,12,14,16-19,21,23,34H,6-7,9,11,13,15,20,22,24-33H2,1-5H3/b10-8+,14-12+,17-16+,19-18+,23-21+. The minimum absolute atomic E-state index is 0.0465. The minimum atomic E-state index is -4.63. The SMILES string of the molecule is CC/C=C/C=C/C=C/C=C/C=C/CCCC(=O)OC(COC(=O)CCCCCCCCCCC)COP(=O)([O-])OCC[N+](C)(C)C. The topological polar surface area (TPSA) is 111 Å². The van der Waals surface area contributed by atoms with Crippen molar-refractivity contribution in [3.8, 4) is 0 Å². The van der Waals surface area contributed by atoms with Crippen molar-refractivity contribution in [2.45, 2.75) is 110 Å². The van der Waals surface area contributed by atoms with Gasteiger partial charge in [-0.25, -0.2) is 0 Å². The van der Waals surface area contributed by atoms with E-state index in [9.17, 15) is 19.0 Å². The smallest absolute Gasteiger partial charge is 0.306 e. The fourth-order valence-electron chi connectivity index (χ4n) is 3.98. The molecule has 0 aromatic heterocycles. The number of hydrogen-bond donors (Lipinski definition) is 0. The average Bonchev–Trinajstić information content (AvgIpc) is 2.99. The molecule has 9 nitrogen and oxygen atoms in total. The fourth-order valence-corrected chi connectivity index (χ4v) is 4.70. The van der Waals surface area contributed by atoms with Crippen molar-refractivity contribution >= 4 is 19.8 Å². The molecule has 264 valence electrons. The van der Waals surface area contributed by atoms with Crippen LogP contribution in [0.3, 0.4) is 0 Å². The molecule has 0 aliphatic carbocycles. The Kier molecular flexibility index (Phi) is 27.5. The molecule has 0 N–H and O–H groups in total.